The van der Waals surface area contributed by atoms with Crippen molar-refractivity contribution in [3.8, 4) is 0 Å². The van der Waals surface area contributed by atoms with Gasteiger partial charge in [-0.15, -0.1) is 0 Å². The number of carbonyl (C=O) groups is 1. The lowest BCUT2D eigenvalue weighted by molar-refractivity contribution is -0.122. The number of nitroso groups, excluding NO2 is 1. The molecule has 0 aliphatic rings. The molecule has 0 spiro atoms. The van der Waals surface area contributed by atoms with E-state index in [0.29, 0.717) is 12.8 Å². The van der Waals surface area contributed by atoms with Crippen molar-refractivity contribution in [2.45, 2.75) is 46.1 Å². The van der Waals surface area contributed by atoms with Gasteiger partial charge in [0, 0.05) is 12.3 Å². The summed E-state index contributed by atoms with van der Waals surface area (Å²) in [6.07, 6.45) is 1.98. The lowest BCUT2D eigenvalue weighted by Crippen LogP contribution is -2.17. The molecule has 2 atom stereocenters. The molecule has 0 aromatic rings. The summed E-state index contributed by atoms with van der Waals surface area (Å²) in [5, 5.41) is 2.89. The Morgan fingerprint density at radius 1 is 1.42 bits per heavy atom. The number of ketones is 1. The van der Waals surface area contributed by atoms with E-state index in [1.807, 2.05) is 13.8 Å². The van der Waals surface area contributed by atoms with E-state index >= 15 is 0 Å². The molecular weight excluding hydrogens is 154 g/mol. The molecule has 0 aromatic carbocycles. The Hall–Kier alpha value is -0.730. The molecule has 0 fully saturated rings. The summed E-state index contributed by atoms with van der Waals surface area (Å²) in [6, 6.07) is -0.231. The minimum absolute atomic E-state index is 0.0303. The number of carbonyl (C=O) groups excluding carboxylic acids is 1. The highest BCUT2D eigenvalue weighted by atomic mass is 16.3. The average molecular weight is 171 g/mol. The van der Waals surface area contributed by atoms with Gasteiger partial charge in [0.15, 0.2) is 0 Å². The van der Waals surface area contributed by atoms with Gasteiger partial charge in [0.2, 0.25) is 0 Å². The van der Waals surface area contributed by atoms with Crippen LogP contribution >= 0.6 is 0 Å². The highest BCUT2D eigenvalue weighted by molar-refractivity contribution is 5.80. The monoisotopic (exact) mass is 171 g/mol. The summed E-state index contributed by atoms with van der Waals surface area (Å²) in [6.45, 7) is 5.57. The maximum Gasteiger partial charge on any atom is 0.135 e. The van der Waals surface area contributed by atoms with Crippen molar-refractivity contribution in [2.75, 3.05) is 0 Å². The molecule has 0 aliphatic carbocycles. The molecule has 0 saturated heterocycles. The quantitative estimate of drug-likeness (QED) is 0.576. The molecule has 2 unspecified atom stereocenters. The molecule has 3 heteroatoms. The van der Waals surface area contributed by atoms with E-state index in [2.05, 4.69) is 5.18 Å². The fourth-order valence-electron chi connectivity index (χ4n) is 1.27. The fourth-order valence-corrected chi connectivity index (χ4v) is 1.27. The Kier molecular flexibility index (Phi) is 5.51. The molecule has 3 nitrogen and oxygen atoms in total. The first kappa shape index (κ1) is 11.3. The van der Waals surface area contributed by atoms with Gasteiger partial charge in [0.1, 0.15) is 5.78 Å². The Labute approximate surface area is 73.5 Å². The van der Waals surface area contributed by atoms with E-state index in [-0.39, 0.29) is 17.7 Å². The Morgan fingerprint density at radius 3 is 2.33 bits per heavy atom. The minimum atomic E-state index is -0.231. The molecule has 0 radical (unpaired) electrons. The van der Waals surface area contributed by atoms with Crippen LogP contribution in [0.4, 0.5) is 0 Å². The van der Waals surface area contributed by atoms with E-state index in [4.69, 9.17) is 0 Å². The van der Waals surface area contributed by atoms with Crippen LogP contribution in [0.25, 0.3) is 0 Å². The summed E-state index contributed by atoms with van der Waals surface area (Å²) in [5.74, 6) is 0.274. The van der Waals surface area contributed by atoms with Crippen LogP contribution in [-0.2, 0) is 4.79 Å². The third-order valence-corrected chi connectivity index (χ3v) is 2.10. The van der Waals surface area contributed by atoms with Crippen LogP contribution < -0.4 is 0 Å². The predicted molar refractivity (Wildman–Crippen MR) is 49.0 cm³/mol. The van der Waals surface area contributed by atoms with Crippen LogP contribution in [0, 0.1) is 10.8 Å². The van der Waals surface area contributed by atoms with E-state index in [0.717, 1.165) is 6.42 Å². The number of rotatable bonds is 6. The molecule has 0 aromatic heterocycles. The fraction of sp³-hybridized carbons (Fsp3) is 0.889. The molecule has 0 N–H and O–H groups in total. The van der Waals surface area contributed by atoms with Gasteiger partial charge in [-0.1, -0.05) is 19.0 Å². The first-order valence-electron chi connectivity index (χ1n) is 4.50. The van der Waals surface area contributed by atoms with E-state index in [1.54, 1.807) is 6.92 Å². The molecule has 0 saturated carbocycles. The number of hydrogen-bond donors (Lipinski definition) is 0. The van der Waals surface area contributed by atoms with Crippen molar-refractivity contribution in [3.63, 3.8) is 0 Å². The van der Waals surface area contributed by atoms with Crippen molar-refractivity contribution in [1.82, 2.24) is 0 Å². The molecule has 0 aliphatic heterocycles. The molecule has 0 heterocycles. The van der Waals surface area contributed by atoms with Gasteiger partial charge in [-0.25, -0.2) is 0 Å². The number of Topliss-reactive ketones (excluding diaryl/α,β-unsaturated/α-hetero) is 1. The van der Waals surface area contributed by atoms with Crippen molar-refractivity contribution >= 4 is 5.78 Å². The highest BCUT2D eigenvalue weighted by Crippen LogP contribution is 2.15. The topological polar surface area (TPSA) is 46.5 Å². The van der Waals surface area contributed by atoms with Crippen LogP contribution in [0.2, 0.25) is 0 Å². The van der Waals surface area contributed by atoms with Crippen LogP contribution in [0.15, 0.2) is 5.18 Å². The number of nitrogens with zero attached hydrogens (tertiary/aromatic N) is 1. The zero-order valence-corrected chi connectivity index (χ0v) is 8.04. The standard InChI is InChI=1S/C9H17NO2/c1-4-8(9(11)5-2)6-7(3)10-12/h7-8H,4-6H2,1-3H3. The second kappa shape index (κ2) is 5.86. The molecule has 0 rings (SSSR count). The Balaban J connectivity index is 3.98. The predicted octanol–water partition coefficient (Wildman–Crippen LogP) is 2.54. The second-order valence-corrected chi connectivity index (χ2v) is 3.12. The maximum absolute atomic E-state index is 11.3. The van der Waals surface area contributed by atoms with Crippen LogP contribution in [-0.4, -0.2) is 11.8 Å². The zero-order chi connectivity index (χ0) is 9.56. The summed E-state index contributed by atoms with van der Waals surface area (Å²) >= 11 is 0. The molecule has 70 valence electrons. The molecule has 12 heavy (non-hydrogen) atoms. The van der Waals surface area contributed by atoms with Gasteiger partial charge in [0.25, 0.3) is 0 Å². The smallest absolute Gasteiger partial charge is 0.135 e. The summed E-state index contributed by atoms with van der Waals surface area (Å²) < 4.78 is 0. The minimum Gasteiger partial charge on any atom is -0.299 e. The van der Waals surface area contributed by atoms with Crippen molar-refractivity contribution < 1.29 is 4.79 Å². The van der Waals surface area contributed by atoms with Crippen LogP contribution in [0.3, 0.4) is 0 Å². The SMILES string of the molecule is CCC(=O)C(CC)CC(C)N=O. The average Bonchev–Trinajstić information content (AvgIpc) is 2.12. The third kappa shape index (κ3) is 3.60. The molecular formula is C9H17NO2. The van der Waals surface area contributed by atoms with E-state index in [1.165, 1.54) is 0 Å². The lowest BCUT2D eigenvalue weighted by Gasteiger charge is -2.12. The first-order valence-corrected chi connectivity index (χ1v) is 4.50. The maximum atomic E-state index is 11.3. The van der Waals surface area contributed by atoms with Crippen molar-refractivity contribution in [1.29, 1.82) is 0 Å². The lowest BCUT2D eigenvalue weighted by atomic mass is 9.93. The van der Waals surface area contributed by atoms with Gasteiger partial charge in [-0.3, -0.25) is 4.79 Å². The zero-order valence-electron chi connectivity index (χ0n) is 8.04. The molecule has 0 bridgehead atoms. The van der Waals surface area contributed by atoms with Crippen molar-refractivity contribution in [3.05, 3.63) is 4.91 Å². The van der Waals surface area contributed by atoms with Gasteiger partial charge in [-0.2, -0.15) is 4.91 Å². The Bertz CT molecular complexity index is 157. The van der Waals surface area contributed by atoms with Crippen LogP contribution in [0.1, 0.15) is 40.0 Å². The van der Waals surface area contributed by atoms with Crippen molar-refractivity contribution in [2.24, 2.45) is 11.1 Å². The first-order chi connectivity index (χ1) is 5.65. The third-order valence-electron chi connectivity index (χ3n) is 2.10. The summed E-state index contributed by atoms with van der Waals surface area (Å²) in [5.41, 5.74) is 0. The second-order valence-electron chi connectivity index (χ2n) is 3.12. The largest absolute Gasteiger partial charge is 0.299 e. The van der Waals surface area contributed by atoms with Gasteiger partial charge < -0.3 is 0 Å². The van der Waals surface area contributed by atoms with Gasteiger partial charge in [-0.05, 0) is 19.8 Å². The number of hydrogen-bond acceptors (Lipinski definition) is 3. The van der Waals surface area contributed by atoms with Gasteiger partial charge in [0.05, 0.1) is 6.04 Å². The summed E-state index contributed by atoms with van der Waals surface area (Å²) in [7, 11) is 0. The Morgan fingerprint density at radius 2 is 2.00 bits per heavy atom. The normalized spacial score (nSPS) is 15.2. The van der Waals surface area contributed by atoms with Crippen LogP contribution in [0.5, 0.6) is 0 Å². The van der Waals surface area contributed by atoms with E-state index < -0.39 is 0 Å². The highest BCUT2D eigenvalue weighted by Gasteiger charge is 2.17. The summed E-state index contributed by atoms with van der Waals surface area (Å²) in [4.78, 5) is 21.4. The van der Waals surface area contributed by atoms with Gasteiger partial charge >= 0.3 is 0 Å². The van der Waals surface area contributed by atoms with E-state index in [9.17, 15) is 9.70 Å². The molecule has 0 amide bonds.